The van der Waals surface area contributed by atoms with Crippen molar-refractivity contribution >= 4 is 34.4 Å². The van der Waals surface area contributed by atoms with Gasteiger partial charge in [0.2, 0.25) is 0 Å². The van der Waals surface area contributed by atoms with Gasteiger partial charge in [0.05, 0.1) is 19.0 Å². The van der Waals surface area contributed by atoms with E-state index >= 15 is 0 Å². The molecule has 0 saturated heterocycles. The van der Waals surface area contributed by atoms with Crippen LogP contribution in [0.5, 0.6) is 0 Å². The van der Waals surface area contributed by atoms with Crippen LogP contribution in [-0.4, -0.2) is 69.1 Å². The number of aryl methyl sites for hydroxylation is 1. The highest BCUT2D eigenvalue weighted by atomic mass is 16.6. The first-order valence-electron chi connectivity index (χ1n) is 13.9. The first kappa shape index (κ1) is 28.8. The van der Waals surface area contributed by atoms with Crippen LogP contribution in [-0.2, 0) is 18.3 Å². The molecule has 216 valence electrons. The van der Waals surface area contributed by atoms with Crippen molar-refractivity contribution in [3.8, 4) is 11.1 Å². The summed E-state index contributed by atoms with van der Waals surface area (Å²) >= 11 is 0. The average Bonchev–Trinajstić information content (AvgIpc) is 3.27. The van der Waals surface area contributed by atoms with Gasteiger partial charge >= 0.3 is 11.7 Å². The zero-order valence-corrected chi connectivity index (χ0v) is 24.9. The molecule has 0 saturated carbocycles. The van der Waals surface area contributed by atoms with Crippen molar-refractivity contribution in [1.29, 1.82) is 0 Å². The van der Waals surface area contributed by atoms with Gasteiger partial charge in [0, 0.05) is 56.8 Å². The number of hydrogen-bond acceptors (Lipinski definition) is 6. The van der Waals surface area contributed by atoms with Gasteiger partial charge < -0.3 is 9.64 Å². The second-order valence-electron chi connectivity index (χ2n) is 11.6. The number of ether oxygens (including phenoxy) is 1. The van der Waals surface area contributed by atoms with E-state index in [-0.39, 0.29) is 5.91 Å². The summed E-state index contributed by atoms with van der Waals surface area (Å²) in [4.78, 5) is 41.5. The quantitative estimate of drug-likeness (QED) is 0.369. The first-order valence-corrected chi connectivity index (χ1v) is 13.9. The van der Waals surface area contributed by atoms with Crippen LogP contribution in [0.1, 0.15) is 48.9 Å². The highest BCUT2D eigenvalue weighted by Crippen LogP contribution is 2.29. The molecule has 10 nitrogen and oxygen atoms in total. The van der Waals surface area contributed by atoms with Crippen molar-refractivity contribution in [3.05, 3.63) is 78.0 Å². The fraction of sp³-hybridized carbons (Fsp3) is 0.344. The Morgan fingerprint density at radius 3 is 2.50 bits per heavy atom. The van der Waals surface area contributed by atoms with E-state index in [2.05, 4.69) is 48.1 Å². The minimum atomic E-state index is -0.585. The summed E-state index contributed by atoms with van der Waals surface area (Å²) in [6, 6.07) is 11.5. The fourth-order valence-electron chi connectivity index (χ4n) is 4.93. The lowest BCUT2D eigenvalue weighted by Crippen LogP contribution is -2.29. The standard InChI is InChI=1S/C32H35N7O3/c1-32(2,3)42-31(41)36-28-10-8-23(19-35-28)25-11-14-33-29-26(25)17-24(38(29)6)20-39-15-12-21(13-16-39)22-7-9-27(34-18-22)30(40)37(4)5/h7-12,17-19H,13,15-16,20H2,1-6H3/p+1. The number of carbonyl (C=O) groups excluding carboxylic acids is 2. The van der Waals surface area contributed by atoms with Crippen molar-refractivity contribution in [1.82, 2.24) is 24.3 Å². The molecular weight excluding hydrogens is 530 g/mol. The third kappa shape index (κ3) is 6.42. The van der Waals surface area contributed by atoms with Gasteiger partial charge in [0.25, 0.3) is 5.91 Å². The number of aromatic nitrogens is 4. The lowest BCUT2D eigenvalue weighted by atomic mass is 10.0. The molecule has 0 aliphatic carbocycles. The molecule has 1 aliphatic rings. The van der Waals surface area contributed by atoms with E-state index < -0.39 is 11.7 Å². The lowest BCUT2D eigenvalue weighted by molar-refractivity contribution is -0.263. The van der Waals surface area contributed by atoms with Crippen LogP contribution < -0.4 is 10.3 Å². The monoisotopic (exact) mass is 566 g/mol. The number of anilines is 1. The second-order valence-corrected chi connectivity index (χ2v) is 11.6. The van der Waals surface area contributed by atoms with Crippen LogP contribution in [0.2, 0.25) is 0 Å². The topological polar surface area (TPSA) is 107 Å². The fourth-order valence-corrected chi connectivity index (χ4v) is 4.93. The number of hydrogen-bond donors (Lipinski definition) is 1. The van der Waals surface area contributed by atoms with Gasteiger partial charge in [-0.05, 0) is 62.6 Å². The Labute approximate surface area is 246 Å². The SMILES string of the molecule is CN(C)C(=O)c1ccc(C2=CCN(Cc3cc4c(-c5ccc(NC(=O)OC(C)(C)C)nc5)cc#[n+]c4n3C)CC2)cn1. The molecule has 2 amide bonds. The average molecular weight is 567 g/mol. The van der Waals surface area contributed by atoms with E-state index in [1.807, 2.05) is 46.0 Å². The van der Waals surface area contributed by atoms with Crippen LogP contribution in [0.3, 0.4) is 0 Å². The molecule has 1 N–H and O–H groups in total. The van der Waals surface area contributed by atoms with Gasteiger partial charge in [0.1, 0.15) is 22.8 Å². The van der Waals surface area contributed by atoms with Crippen LogP contribution >= 0.6 is 0 Å². The lowest BCUT2D eigenvalue weighted by Gasteiger charge is -2.25. The van der Waals surface area contributed by atoms with Crippen molar-refractivity contribution in [3.63, 3.8) is 0 Å². The smallest absolute Gasteiger partial charge is 0.413 e. The number of pyridine rings is 2. The predicted octanol–water partition coefficient (Wildman–Crippen LogP) is 4.37. The van der Waals surface area contributed by atoms with Crippen molar-refractivity contribution in [2.75, 3.05) is 32.5 Å². The number of nitrogens with zero attached hydrogens (tertiary/aromatic N) is 6. The summed E-state index contributed by atoms with van der Waals surface area (Å²) in [5.74, 6) is 0.321. The molecule has 0 aromatic carbocycles. The molecule has 0 radical (unpaired) electrons. The Morgan fingerprint density at radius 1 is 1.12 bits per heavy atom. The van der Waals surface area contributed by atoms with Gasteiger partial charge in [-0.2, -0.15) is 4.98 Å². The third-order valence-corrected chi connectivity index (χ3v) is 7.11. The van der Waals surface area contributed by atoms with Gasteiger partial charge in [-0.1, -0.05) is 12.1 Å². The molecule has 0 atom stereocenters. The summed E-state index contributed by atoms with van der Waals surface area (Å²) < 4.78 is 7.43. The largest absolute Gasteiger partial charge is 0.444 e. The molecule has 0 unspecified atom stereocenters. The maximum Gasteiger partial charge on any atom is 0.413 e. The predicted molar refractivity (Wildman–Crippen MR) is 161 cm³/mol. The van der Waals surface area contributed by atoms with E-state index in [4.69, 9.17) is 4.74 Å². The summed E-state index contributed by atoms with van der Waals surface area (Å²) in [6.45, 7) is 7.96. The molecule has 4 aromatic heterocycles. The number of amides is 2. The van der Waals surface area contributed by atoms with Gasteiger partial charge in [-0.3, -0.25) is 20.0 Å². The normalized spacial score (nSPS) is 13.8. The Morgan fingerprint density at radius 2 is 1.88 bits per heavy atom. The van der Waals surface area contributed by atoms with E-state index in [1.165, 1.54) is 10.5 Å². The van der Waals surface area contributed by atoms with E-state index in [0.717, 1.165) is 59.5 Å². The highest BCUT2D eigenvalue weighted by molar-refractivity contribution is 5.93. The van der Waals surface area contributed by atoms with Gasteiger partial charge in [-0.15, -0.1) is 0 Å². The zero-order valence-electron chi connectivity index (χ0n) is 24.9. The van der Waals surface area contributed by atoms with Crippen LogP contribution in [0.4, 0.5) is 10.6 Å². The Hall–Kier alpha value is -4.75. The summed E-state index contributed by atoms with van der Waals surface area (Å²) in [5, 5.41) is 3.69. The van der Waals surface area contributed by atoms with Crippen molar-refractivity contribution in [2.45, 2.75) is 39.3 Å². The number of nitrogens with one attached hydrogen (secondary N) is 1. The van der Waals surface area contributed by atoms with Crippen LogP contribution in [0, 0.1) is 6.20 Å². The number of fused-ring (bicyclic) bond motifs is 1. The van der Waals surface area contributed by atoms with E-state index in [9.17, 15) is 9.59 Å². The Kier molecular flexibility index (Phi) is 7.96. The maximum atomic E-state index is 12.1. The maximum absolute atomic E-state index is 12.1. The Balaban J connectivity index is 1.28. The summed E-state index contributed by atoms with van der Waals surface area (Å²) in [6.07, 6.45) is 9.16. The van der Waals surface area contributed by atoms with Crippen LogP contribution in [0.15, 0.2) is 54.9 Å². The highest BCUT2D eigenvalue weighted by Gasteiger charge is 2.23. The summed E-state index contributed by atoms with van der Waals surface area (Å²) in [7, 11) is 5.48. The minimum absolute atomic E-state index is 0.0981. The van der Waals surface area contributed by atoms with Crippen LogP contribution in [0.25, 0.3) is 27.7 Å². The van der Waals surface area contributed by atoms with Crippen molar-refractivity contribution < 1.29 is 19.3 Å². The van der Waals surface area contributed by atoms with E-state index in [0.29, 0.717) is 11.5 Å². The van der Waals surface area contributed by atoms with E-state index in [1.54, 1.807) is 38.6 Å². The second kappa shape index (κ2) is 11.6. The molecule has 5 rings (SSSR count). The summed E-state index contributed by atoms with van der Waals surface area (Å²) in [5.41, 5.74) is 6.05. The van der Waals surface area contributed by atoms with Gasteiger partial charge in [-0.25, -0.2) is 14.3 Å². The Bertz CT molecular complexity index is 1630. The minimum Gasteiger partial charge on any atom is -0.444 e. The first-order chi connectivity index (χ1) is 20.0. The molecule has 1 aliphatic heterocycles. The molecule has 5 heterocycles. The molecule has 10 heteroatoms. The zero-order chi connectivity index (χ0) is 30.0. The molecule has 0 bridgehead atoms. The molecule has 4 aromatic rings. The number of rotatable bonds is 6. The molecule has 42 heavy (non-hydrogen) atoms. The van der Waals surface area contributed by atoms with Crippen molar-refractivity contribution in [2.24, 2.45) is 7.05 Å². The third-order valence-electron chi connectivity index (χ3n) is 7.11. The number of carbonyl (C=O) groups is 2. The molecular formula is C32H36N7O3+. The van der Waals surface area contributed by atoms with Gasteiger partial charge in [0.15, 0.2) is 6.20 Å². The molecule has 0 spiro atoms. The molecule has 0 fully saturated rings.